The minimum absolute atomic E-state index is 0.258. The second-order valence-corrected chi connectivity index (χ2v) is 16.2. The van der Waals surface area contributed by atoms with Crippen LogP contribution >= 0.6 is 0 Å². The summed E-state index contributed by atoms with van der Waals surface area (Å²) in [6, 6.07) is 6.64. The van der Waals surface area contributed by atoms with Crippen LogP contribution in [0.2, 0.25) is 18.1 Å². The molecule has 6 nitrogen and oxygen atoms in total. The van der Waals surface area contributed by atoms with Crippen LogP contribution in [0, 0.1) is 0 Å². The standard InChI is InChI=1S/C27H48N2O4Si/c1-27(2,3)34(5,6)33-22-13-16-29(20-22)23-9-7-8-10-24(23)31-17-14-21-11-12-25(32-18-15-28)26(19-21)30-4/h11-12,19,22-24H,7-10,13-18,20,28H2,1-6H3/t22-,23?,24?/m0/s1. The number of rotatable bonds is 11. The molecule has 1 saturated carbocycles. The van der Waals surface area contributed by atoms with E-state index in [4.69, 9.17) is 24.4 Å². The van der Waals surface area contributed by atoms with Crippen molar-refractivity contribution in [3.8, 4) is 11.5 Å². The molecular formula is C27H48N2O4Si. The van der Waals surface area contributed by atoms with Gasteiger partial charge in [-0.05, 0) is 61.5 Å². The van der Waals surface area contributed by atoms with Crippen LogP contribution in [-0.4, -0.2) is 71.4 Å². The summed E-state index contributed by atoms with van der Waals surface area (Å²) in [6.45, 7) is 15.6. The molecule has 34 heavy (non-hydrogen) atoms. The van der Waals surface area contributed by atoms with Crippen molar-refractivity contribution in [1.82, 2.24) is 4.90 Å². The predicted molar refractivity (Wildman–Crippen MR) is 142 cm³/mol. The highest BCUT2D eigenvalue weighted by atomic mass is 28.4. The van der Waals surface area contributed by atoms with Crippen molar-refractivity contribution >= 4 is 8.32 Å². The monoisotopic (exact) mass is 492 g/mol. The van der Waals surface area contributed by atoms with E-state index in [-0.39, 0.29) is 5.04 Å². The van der Waals surface area contributed by atoms with Crippen molar-refractivity contribution in [1.29, 1.82) is 0 Å². The normalized spacial score (nSPS) is 24.4. The van der Waals surface area contributed by atoms with E-state index in [1.165, 1.54) is 24.8 Å². The molecule has 1 heterocycles. The quantitative estimate of drug-likeness (QED) is 0.439. The second-order valence-electron chi connectivity index (χ2n) is 11.4. The van der Waals surface area contributed by atoms with Crippen LogP contribution in [0.25, 0.3) is 0 Å². The lowest BCUT2D eigenvalue weighted by Crippen LogP contribution is -2.48. The molecule has 1 aromatic carbocycles. The van der Waals surface area contributed by atoms with Crippen LogP contribution in [0.3, 0.4) is 0 Å². The first-order valence-electron chi connectivity index (χ1n) is 13.2. The first-order valence-corrected chi connectivity index (χ1v) is 16.1. The van der Waals surface area contributed by atoms with E-state index in [0.29, 0.717) is 31.4 Å². The van der Waals surface area contributed by atoms with Gasteiger partial charge in [-0.25, -0.2) is 0 Å². The van der Waals surface area contributed by atoms with E-state index in [1.54, 1.807) is 7.11 Å². The average Bonchev–Trinajstić information content (AvgIpc) is 3.25. The highest BCUT2D eigenvalue weighted by Crippen LogP contribution is 2.39. The molecule has 0 radical (unpaired) electrons. The molecule has 2 aliphatic rings. The van der Waals surface area contributed by atoms with E-state index in [9.17, 15) is 0 Å². The zero-order chi connectivity index (χ0) is 24.8. The van der Waals surface area contributed by atoms with E-state index < -0.39 is 8.32 Å². The summed E-state index contributed by atoms with van der Waals surface area (Å²) in [5, 5.41) is 0.258. The number of methoxy groups -OCH3 is 1. The summed E-state index contributed by atoms with van der Waals surface area (Å²) >= 11 is 0. The van der Waals surface area contributed by atoms with Crippen LogP contribution in [0.15, 0.2) is 18.2 Å². The lowest BCUT2D eigenvalue weighted by molar-refractivity contribution is -0.0313. The van der Waals surface area contributed by atoms with Crippen LogP contribution in [-0.2, 0) is 15.6 Å². The molecule has 194 valence electrons. The van der Waals surface area contributed by atoms with E-state index in [1.807, 2.05) is 6.07 Å². The fourth-order valence-electron chi connectivity index (χ4n) is 4.92. The SMILES string of the molecule is COc1cc(CCOC2CCCCC2N2CC[C@H](O[Si](C)(C)C(C)(C)C)C2)ccc1OCCN. The number of nitrogens with zero attached hydrogens (tertiary/aromatic N) is 1. The van der Waals surface area contributed by atoms with Crippen molar-refractivity contribution in [2.45, 2.75) is 95.7 Å². The van der Waals surface area contributed by atoms with Gasteiger partial charge in [-0.15, -0.1) is 0 Å². The summed E-state index contributed by atoms with van der Waals surface area (Å²) in [7, 11) is -0.0512. The van der Waals surface area contributed by atoms with Crippen LogP contribution < -0.4 is 15.2 Å². The molecule has 3 rings (SSSR count). The van der Waals surface area contributed by atoms with Crippen LogP contribution in [0.1, 0.15) is 58.4 Å². The van der Waals surface area contributed by atoms with Crippen molar-refractivity contribution in [3.63, 3.8) is 0 Å². The first kappa shape index (κ1) is 27.5. The molecule has 2 N–H and O–H groups in total. The molecule has 7 heteroatoms. The lowest BCUT2D eigenvalue weighted by atomic mass is 9.91. The van der Waals surface area contributed by atoms with E-state index in [0.717, 1.165) is 50.5 Å². The smallest absolute Gasteiger partial charge is 0.192 e. The Bertz CT molecular complexity index is 767. The Hall–Kier alpha value is -1.12. The van der Waals surface area contributed by atoms with Gasteiger partial charge in [0.15, 0.2) is 19.8 Å². The van der Waals surface area contributed by atoms with Gasteiger partial charge in [0, 0.05) is 25.7 Å². The Morgan fingerprint density at radius 2 is 1.82 bits per heavy atom. The number of likely N-dealkylation sites (tertiary alicyclic amines) is 1. The molecule has 1 saturated heterocycles. The van der Waals surface area contributed by atoms with E-state index in [2.05, 4.69) is 50.9 Å². The van der Waals surface area contributed by atoms with Gasteiger partial charge in [0.2, 0.25) is 0 Å². The van der Waals surface area contributed by atoms with Gasteiger partial charge < -0.3 is 24.4 Å². The molecule has 0 bridgehead atoms. The fraction of sp³-hybridized carbons (Fsp3) is 0.778. The molecule has 0 amide bonds. The highest BCUT2D eigenvalue weighted by Gasteiger charge is 2.42. The summed E-state index contributed by atoms with van der Waals surface area (Å²) in [4.78, 5) is 2.66. The number of nitrogens with two attached hydrogens (primary N) is 1. The minimum atomic E-state index is -1.73. The van der Waals surface area contributed by atoms with Gasteiger partial charge in [-0.3, -0.25) is 4.90 Å². The number of ether oxygens (including phenoxy) is 3. The first-order chi connectivity index (χ1) is 16.1. The molecule has 1 aliphatic heterocycles. The topological polar surface area (TPSA) is 66.2 Å². The molecule has 2 unspecified atom stereocenters. The lowest BCUT2D eigenvalue weighted by Gasteiger charge is -2.40. The predicted octanol–water partition coefficient (Wildman–Crippen LogP) is 5.00. The van der Waals surface area contributed by atoms with Gasteiger partial charge in [-0.1, -0.05) is 39.7 Å². The molecule has 0 spiro atoms. The van der Waals surface area contributed by atoms with Crippen molar-refractivity contribution < 1.29 is 18.6 Å². The Morgan fingerprint density at radius 3 is 2.53 bits per heavy atom. The summed E-state index contributed by atoms with van der Waals surface area (Å²) < 4.78 is 24.4. The number of benzene rings is 1. The summed E-state index contributed by atoms with van der Waals surface area (Å²) in [5.74, 6) is 1.50. The largest absolute Gasteiger partial charge is 0.493 e. The van der Waals surface area contributed by atoms with Crippen molar-refractivity contribution in [3.05, 3.63) is 23.8 Å². The van der Waals surface area contributed by atoms with E-state index >= 15 is 0 Å². The van der Waals surface area contributed by atoms with Gasteiger partial charge in [-0.2, -0.15) is 0 Å². The Labute approximate surface area is 208 Å². The molecule has 2 fully saturated rings. The molecule has 3 atom stereocenters. The maximum Gasteiger partial charge on any atom is 0.192 e. The third-order valence-corrected chi connectivity index (χ3v) is 12.4. The summed E-state index contributed by atoms with van der Waals surface area (Å²) in [5.41, 5.74) is 6.75. The van der Waals surface area contributed by atoms with Gasteiger partial charge in [0.25, 0.3) is 0 Å². The van der Waals surface area contributed by atoms with Crippen LogP contribution in [0.5, 0.6) is 11.5 Å². The molecule has 0 aromatic heterocycles. The van der Waals surface area contributed by atoms with Crippen LogP contribution in [0.4, 0.5) is 0 Å². The maximum absolute atomic E-state index is 6.74. The molecule has 1 aromatic rings. The maximum atomic E-state index is 6.74. The third-order valence-electron chi connectivity index (χ3n) is 7.91. The van der Waals surface area contributed by atoms with Gasteiger partial charge >= 0.3 is 0 Å². The summed E-state index contributed by atoms with van der Waals surface area (Å²) in [6.07, 6.45) is 7.66. The Kier molecular flexibility index (Phi) is 9.87. The number of hydrogen-bond donors (Lipinski definition) is 1. The Balaban J connectivity index is 1.52. The third kappa shape index (κ3) is 7.20. The number of hydrogen-bond acceptors (Lipinski definition) is 6. The fourth-order valence-corrected chi connectivity index (χ4v) is 6.30. The zero-order valence-corrected chi connectivity index (χ0v) is 23.4. The van der Waals surface area contributed by atoms with Gasteiger partial charge in [0.05, 0.1) is 25.9 Å². The van der Waals surface area contributed by atoms with Gasteiger partial charge in [0.1, 0.15) is 6.61 Å². The molecular weight excluding hydrogens is 444 g/mol. The van der Waals surface area contributed by atoms with Crippen molar-refractivity contribution in [2.75, 3.05) is 40.0 Å². The van der Waals surface area contributed by atoms with Crippen molar-refractivity contribution in [2.24, 2.45) is 5.73 Å². The average molecular weight is 493 g/mol. The molecule has 1 aliphatic carbocycles. The Morgan fingerprint density at radius 1 is 1.06 bits per heavy atom. The zero-order valence-electron chi connectivity index (χ0n) is 22.4. The minimum Gasteiger partial charge on any atom is -0.493 e. The highest BCUT2D eigenvalue weighted by molar-refractivity contribution is 6.74. The second kappa shape index (κ2) is 12.2.